The van der Waals surface area contributed by atoms with E-state index in [0.29, 0.717) is 12.3 Å². The molecule has 0 saturated carbocycles. The van der Waals surface area contributed by atoms with Crippen molar-refractivity contribution in [3.8, 4) is 17.0 Å². The number of aromatic nitrogens is 1. The number of aryl methyl sites for hydroxylation is 1. The van der Waals surface area contributed by atoms with Crippen LogP contribution < -0.4 is 4.74 Å². The molecule has 0 aliphatic rings. The predicted molar refractivity (Wildman–Crippen MR) is 81.8 cm³/mol. The summed E-state index contributed by atoms with van der Waals surface area (Å²) in [6, 6.07) is 11.0. The minimum absolute atomic E-state index is 0.225. The lowest BCUT2D eigenvalue weighted by Crippen LogP contribution is -2.03. The number of carboxylic acids is 1. The first-order valence-corrected chi connectivity index (χ1v) is 7.06. The highest BCUT2D eigenvalue weighted by molar-refractivity contribution is 5.89. The number of aromatic carboxylic acids is 1. The number of unbranched alkanes of at least 4 members (excludes halogenated alkanes) is 1. The van der Waals surface area contributed by atoms with Crippen LogP contribution in [0.15, 0.2) is 36.4 Å². The van der Waals surface area contributed by atoms with Gasteiger partial charge in [-0.2, -0.15) is 0 Å². The van der Waals surface area contributed by atoms with Crippen LogP contribution in [0.5, 0.6) is 5.75 Å². The quantitative estimate of drug-likeness (QED) is 0.817. The summed E-state index contributed by atoms with van der Waals surface area (Å²) in [4.78, 5) is 15.4. The molecule has 0 saturated heterocycles. The maximum absolute atomic E-state index is 11.0. The molecule has 0 unspecified atom stereocenters. The fourth-order valence-electron chi connectivity index (χ4n) is 2.07. The third-order valence-electron chi connectivity index (χ3n) is 3.23. The van der Waals surface area contributed by atoms with Crippen molar-refractivity contribution in [2.45, 2.75) is 26.7 Å². The lowest BCUT2D eigenvalue weighted by atomic mass is 10.1. The molecule has 0 atom stereocenters. The van der Waals surface area contributed by atoms with E-state index in [4.69, 9.17) is 9.84 Å². The van der Waals surface area contributed by atoms with Crippen molar-refractivity contribution in [3.05, 3.63) is 47.7 Å². The van der Waals surface area contributed by atoms with E-state index in [-0.39, 0.29) is 5.56 Å². The lowest BCUT2D eigenvalue weighted by molar-refractivity contribution is 0.0695. The number of carbonyl (C=O) groups is 1. The Morgan fingerprint density at radius 3 is 2.67 bits per heavy atom. The number of pyridine rings is 1. The Morgan fingerprint density at radius 1 is 1.24 bits per heavy atom. The maximum Gasteiger partial charge on any atom is 0.337 e. The normalized spacial score (nSPS) is 10.4. The van der Waals surface area contributed by atoms with Crippen molar-refractivity contribution in [2.75, 3.05) is 6.61 Å². The van der Waals surface area contributed by atoms with Gasteiger partial charge >= 0.3 is 5.97 Å². The van der Waals surface area contributed by atoms with Gasteiger partial charge in [0, 0.05) is 5.56 Å². The summed E-state index contributed by atoms with van der Waals surface area (Å²) in [5, 5.41) is 9.06. The molecule has 0 bridgehead atoms. The second-order valence-electron chi connectivity index (χ2n) is 4.83. The predicted octanol–water partition coefficient (Wildman–Crippen LogP) is 3.93. The van der Waals surface area contributed by atoms with Crippen molar-refractivity contribution >= 4 is 5.97 Å². The van der Waals surface area contributed by atoms with Crippen molar-refractivity contribution in [1.82, 2.24) is 4.98 Å². The third-order valence-corrected chi connectivity index (χ3v) is 3.23. The lowest BCUT2D eigenvalue weighted by Gasteiger charge is -2.11. The molecule has 4 nitrogen and oxygen atoms in total. The molecule has 0 amide bonds. The molecule has 110 valence electrons. The molecule has 1 heterocycles. The van der Waals surface area contributed by atoms with Crippen LogP contribution in [0, 0.1) is 6.92 Å². The Morgan fingerprint density at radius 2 is 2.00 bits per heavy atom. The number of carboxylic acid groups (broad SMARTS) is 1. The molecule has 0 radical (unpaired) electrons. The van der Waals surface area contributed by atoms with Crippen molar-refractivity contribution < 1.29 is 14.6 Å². The molecule has 4 heteroatoms. The zero-order valence-corrected chi connectivity index (χ0v) is 12.3. The summed E-state index contributed by atoms with van der Waals surface area (Å²) in [6.07, 6.45) is 2.07. The second kappa shape index (κ2) is 6.88. The molecule has 1 aromatic heterocycles. The Labute approximate surface area is 124 Å². The molecule has 0 fully saturated rings. The smallest absolute Gasteiger partial charge is 0.337 e. The minimum atomic E-state index is -0.959. The van der Waals surface area contributed by atoms with E-state index in [2.05, 4.69) is 11.9 Å². The maximum atomic E-state index is 11.0. The first-order chi connectivity index (χ1) is 10.1. The number of ether oxygens (including phenoxy) is 1. The molecule has 1 N–H and O–H groups in total. The average molecular weight is 285 g/mol. The van der Waals surface area contributed by atoms with E-state index in [1.54, 1.807) is 19.1 Å². The van der Waals surface area contributed by atoms with Gasteiger partial charge in [-0.15, -0.1) is 0 Å². The Kier molecular flexibility index (Phi) is 4.93. The van der Waals surface area contributed by atoms with Gasteiger partial charge in [0.05, 0.1) is 23.6 Å². The van der Waals surface area contributed by atoms with E-state index in [0.717, 1.165) is 29.8 Å². The number of para-hydroxylation sites is 1. The fraction of sp³-hybridized carbons (Fsp3) is 0.294. The summed E-state index contributed by atoms with van der Waals surface area (Å²) in [6.45, 7) is 4.48. The average Bonchev–Trinajstić information content (AvgIpc) is 2.47. The summed E-state index contributed by atoms with van der Waals surface area (Å²) >= 11 is 0. The molecule has 21 heavy (non-hydrogen) atoms. The second-order valence-corrected chi connectivity index (χ2v) is 4.83. The molecular weight excluding hydrogens is 266 g/mol. The van der Waals surface area contributed by atoms with Gasteiger partial charge in [0.15, 0.2) is 0 Å². The largest absolute Gasteiger partial charge is 0.493 e. The molecule has 0 aliphatic heterocycles. The summed E-state index contributed by atoms with van der Waals surface area (Å²) in [7, 11) is 0. The molecule has 2 rings (SSSR count). The van der Waals surface area contributed by atoms with Crippen LogP contribution in [0.1, 0.15) is 35.8 Å². The van der Waals surface area contributed by atoms with Gasteiger partial charge in [-0.3, -0.25) is 4.98 Å². The van der Waals surface area contributed by atoms with Gasteiger partial charge < -0.3 is 9.84 Å². The van der Waals surface area contributed by atoms with Crippen LogP contribution >= 0.6 is 0 Å². The summed E-state index contributed by atoms with van der Waals surface area (Å²) < 4.78 is 5.79. The number of hydrogen-bond acceptors (Lipinski definition) is 3. The van der Waals surface area contributed by atoms with E-state index in [1.807, 2.05) is 24.3 Å². The monoisotopic (exact) mass is 285 g/mol. The molecule has 0 aliphatic carbocycles. The summed E-state index contributed by atoms with van der Waals surface area (Å²) in [5.74, 6) is -0.181. The van der Waals surface area contributed by atoms with Crippen LogP contribution in [-0.4, -0.2) is 22.7 Å². The van der Waals surface area contributed by atoms with E-state index in [1.165, 1.54) is 0 Å². The number of hydrogen-bond donors (Lipinski definition) is 1. The molecule has 1 aromatic carbocycles. The van der Waals surface area contributed by atoms with Gasteiger partial charge in [-0.25, -0.2) is 4.79 Å². The van der Waals surface area contributed by atoms with E-state index in [9.17, 15) is 4.79 Å². The molecule has 0 spiro atoms. The molecule has 2 aromatic rings. The van der Waals surface area contributed by atoms with Gasteiger partial charge in [0.2, 0.25) is 0 Å². The minimum Gasteiger partial charge on any atom is -0.493 e. The third kappa shape index (κ3) is 3.60. The number of benzene rings is 1. The van der Waals surface area contributed by atoms with Gasteiger partial charge in [-0.05, 0) is 37.6 Å². The first-order valence-electron chi connectivity index (χ1n) is 7.06. The standard InChI is InChI=1S/C17H19NO3/c1-3-4-11-21-16-8-6-5-7-14(16)15-10-9-13(17(19)20)12(2)18-15/h5-10H,3-4,11H2,1-2H3,(H,19,20). The highest BCUT2D eigenvalue weighted by Crippen LogP contribution is 2.29. The first kappa shape index (κ1) is 15.0. The highest BCUT2D eigenvalue weighted by atomic mass is 16.5. The van der Waals surface area contributed by atoms with Crippen LogP contribution in [0.3, 0.4) is 0 Å². The van der Waals surface area contributed by atoms with E-state index >= 15 is 0 Å². The van der Waals surface area contributed by atoms with Crippen molar-refractivity contribution in [2.24, 2.45) is 0 Å². The van der Waals surface area contributed by atoms with E-state index < -0.39 is 5.97 Å². The van der Waals surface area contributed by atoms with Gasteiger partial charge in [0.25, 0.3) is 0 Å². The Bertz CT molecular complexity index is 638. The van der Waals surface area contributed by atoms with Crippen LogP contribution in [0.4, 0.5) is 0 Å². The fourth-order valence-corrected chi connectivity index (χ4v) is 2.07. The van der Waals surface area contributed by atoms with Gasteiger partial charge in [0.1, 0.15) is 5.75 Å². The Balaban J connectivity index is 2.33. The van der Waals surface area contributed by atoms with Crippen LogP contribution in [0.25, 0.3) is 11.3 Å². The van der Waals surface area contributed by atoms with Gasteiger partial charge in [-0.1, -0.05) is 25.5 Å². The number of nitrogens with zero attached hydrogens (tertiary/aromatic N) is 1. The topological polar surface area (TPSA) is 59.4 Å². The highest BCUT2D eigenvalue weighted by Gasteiger charge is 2.12. The zero-order chi connectivity index (χ0) is 15.2. The number of rotatable bonds is 6. The summed E-state index contributed by atoms with van der Waals surface area (Å²) in [5.41, 5.74) is 2.34. The van der Waals surface area contributed by atoms with Crippen molar-refractivity contribution in [1.29, 1.82) is 0 Å². The van der Waals surface area contributed by atoms with Crippen LogP contribution in [0.2, 0.25) is 0 Å². The SMILES string of the molecule is CCCCOc1ccccc1-c1ccc(C(=O)O)c(C)n1. The Hall–Kier alpha value is -2.36. The van der Waals surface area contributed by atoms with Crippen LogP contribution in [-0.2, 0) is 0 Å². The zero-order valence-electron chi connectivity index (χ0n) is 12.3. The van der Waals surface area contributed by atoms with Crippen molar-refractivity contribution in [3.63, 3.8) is 0 Å². The molecular formula is C17H19NO3.